The van der Waals surface area contributed by atoms with Gasteiger partial charge in [0.2, 0.25) is 0 Å². The Labute approximate surface area is 123 Å². The number of halogens is 1. The molecule has 2 rings (SSSR count). The summed E-state index contributed by atoms with van der Waals surface area (Å²) in [6.45, 7) is 1.32. The van der Waals surface area contributed by atoms with E-state index in [0.717, 1.165) is 17.4 Å². The monoisotopic (exact) mass is 340 g/mol. The molecule has 0 bridgehead atoms. The Kier molecular flexibility index (Phi) is 5.07. The maximum Gasteiger partial charge on any atom is 0.275 e. The van der Waals surface area contributed by atoms with Crippen LogP contribution in [0.1, 0.15) is 11.1 Å². The van der Waals surface area contributed by atoms with Crippen LogP contribution >= 0.6 is 27.3 Å². The standard InChI is InChI=1S/C13H13BrN2O2S/c14-12-2-1-11(13(7-12)16(17)18)8-15-5-3-10-4-6-19-9-10/h1-2,4,6-7,9,15H,3,5,8H2. The molecule has 0 saturated carbocycles. The normalized spacial score (nSPS) is 10.6. The lowest BCUT2D eigenvalue weighted by atomic mass is 10.1. The van der Waals surface area contributed by atoms with Crippen LogP contribution in [0.5, 0.6) is 0 Å². The van der Waals surface area contributed by atoms with Crippen LogP contribution in [0.15, 0.2) is 39.5 Å². The highest BCUT2D eigenvalue weighted by atomic mass is 79.9. The van der Waals surface area contributed by atoms with E-state index in [4.69, 9.17) is 0 Å². The Morgan fingerprint density at radius 3 is 2.89 bits per heavy atom. The second-order valence-electron chi connectivity index (χ2n) is 4.09. The van der Waals surface area contributed by atoms with E-state index in [1.54, 1.807) is 17.4 Å². The SMILES string of the molecule is O=[N+]([O-])c1cc(Br)ccc1CNCCc1ccsc1. The van der Waals surface area contributed by atoms with Gasteiger partial charge >= 0.3 is 0 Å². The first-order valence-corrected chi connectivity index (χ1v) is 7.55. The minimum atomic E-state index is -0.347. The summed E-state index contributed by atoms with van der Waals surface area (Å²) in [7, 11) is 0. The predicted molar refractivity (Wildman–Crippen MR) is 80.5 cm³/mol. The lowest BCUT2D eigenvalue weighted by Gasteiger charge is -2.05. The van der Waals surface area contributed by atoms with Crippen LogP contribution in [0.4, 0.5) is 5.69 Å². The van der Waals surface area contributed by atoms with Crippen molar-refractivity contribution in [1.82, 2.24) is 5.32 Å². The molecule has 1 aromatic heterocycles. The quantitative estimate of drug-likeness (QED) is 0.495. The summed E-state index contributed by atoms with van der Waals surface area (Å²) < 4.78 is 0.723. The number of thiophene rings is 1. The average molecular weight is 341 g/mol. The molecule has 0 radical (unpaired) electrons. The van der Waals surface area contributed by atoms with E-state index in [2.05, 4.69) is 38.1 Å². The molecule has 1 heterocycles. The number of rotatable bonds is 6. The largest absolute Gasteiger partial charge is 0.312 e. The van der Waals surface area contributed by atoms with Gasteiger partial charge in [-0.2, -0.15) is 11.3 Å². The third-order valence-corrected chi connectivity index (χ3v) is 3.96. The first kappa shape index (κ1) is 14.2. The summed E-state index contributed by atoms with van der Waals surface area (Å²) in [5, 5.41) is 18.4. The predicted octanol–water partition coefficient (Wildman–Crippen LogP) is 3.75. The van der Waals surface area contributed by atoms with Crippen LogP contribution in [0.25, 0.3) is 0 Å². The van der Waals surface area contributed by atoms with E-state index in [-0.39, 0.29) is 10.6 Å². The van der Waals surface area contributed by atoms with Crippen molar-refractivity contribution in [2.75, 3.05) is 6.54 Å². The number of nitro benzene ring substituents is 1. The van der Waals surface area contributed by atoms with Gasteiger partial charge in [-0.15, -0.1) is 0 Å². The molecule has 0 saturated heterocycles. The van der Waals surface area contributed by atoms with E-state index >= 15 is 0 Å². The number of nitrogens with zero attached hydrogens (tertiary/aromatic N) is 1. The van der Waals surface area contributed by atoms with E-state index in [1.165, 1.54) is 11.6 Å². The van der Waals surface area contributed by atoms with Crippen LogP contribution in [0.3, 0.4) is 0 Å². The molecule has 1 aromatic carbocycles. The number of benzene rings is 1. The summed E-state index contributed by atoms with van der Waals surface area (Å²) in [5.74, 6) is 0. The van der Waals surface area contributed by atoms with Gasteiger partial charge in [-0.05, 0) is 47.5 Å². The highest BCUT2D eigenvalue weighted by Crippen LogP contribution is 2.23. The van der Waals surface area contributed by atoms with Gasteiger partial charge in [0, 0.05) is 22.6 Å². The molecule has 0 aliphatic carbocycles. The van der Waals surface area contributed by atoms with E-state index in [0.29, 0.717) is 12.1 Å². The van der Waals surface area contributed by atoms with Crippen LogP contribution in [0, 0.1) is 10.1 Å². The van der Waals surface area contributed by atoms with Gasteiger partial charge in [0.1, 0.15) is 0 Å². The zero-order valence-corrected chi connectivity index (χ0v) is 12.5. The van der Waals surface area contributed by atoms with Crippen LogP contribution in [-0.2, 0) is 13.0 Å². The molecule has 0 unspecified atom stereocenters. The fourth-order valence-electron chi connectivity index (χ4n) is 1.75. The Morgan fingerprint density at radius 2 is 2.21 bits per heavy atom. The highest BCUT2D eigenvalue weighted by Gasteiger charge is 2.13. The van der Waals surface area contributed by atoms with E-state index < -0.39 is 0 Å². The molecule has 6 heteroatoms. The van der Waals surface area contributed by atoms with Crippen molar-refractivity contribution in [1.29, 1.82) is 0 Å². The van der Waals surface area contributed by atoms with Crippen molar-refractivity contribution < 1.29 is 4.92 Å². The molecule has 0 fully saturated rings. The zero-order valence-electron chi connectivity index (χ0n) is 10.1. The summed E-state index contributed by atoms with van der Waals surface area (Å²) in [4.78, 5) is 10.6. The lowest BCUT2D eigenvalue weighted by molar-refractivity contribution is -0.385. The van der Waals surface area contributed by atoms with Gasteiger partial charge < -0.3 is 5.32 Å². The third kappa shape index (κ3) is 4.12. The molecular formula is C13H13BrN2O2S. The number of nitro groups is 1. The van der Waals surface area contributed by atoms with Crippen molar-refractivity contribution in [3.05, 3.63) is 60.7 Å². The molecule has 0 aliphatic rings. The van der Waals surface area contributed by atoms with Crippen molar-refractivity contribution in [3.63, 3.8) is 0 Å². The Hall–Kier alpha value is -1.24. The molecule has 19 heavy (non-hydrogen) atoms. The number of nitrogens with one attached hydrogen (secondary N) is 1. The molecule has 0 atom stereocenters. The van der Waals surface area contributed by atoms with Crippen molar-refractivity contribution >= 4 is 33.0 Å². The molecular weight excluding hydrogens is 328 g/mol. The molecule has 100 valence electrons. The zero-order chi connectivity index (χ0) is 13.7. The molecule has 2 aromatic rings. The Bertz CT molecular complexity index is 558. The second-order valence-corrected chi connectivity index (χ2v) is 5.78. The van der Waals surface area contributed by atoms with E-state index in [1.807, 2.05) is 6.07 Å². The smallest absolute Gasteiger partial charge is 0.275 e. The van der Waals surface area contributed by atoms with Crippen LogP contribution in [0.2, 0.25) is 0 Å². The summed E-state index contributed by atoms with van der Waals surface area (Å²) in [6, 6.07) is 7.23. The fourth-order valence-corrected chi connectivity index (χ4v) is 2.80. The summed E-state index contributed by atoms with van der Waals surface area (Å²) >= 11 is 4.93. The van der Waals surface area contributed by atoms with Crippen molar-refractivity contribution in [2.45, 2.75) is 13.0 Å². The van der Waals surface area contributed by atoms with Gasteiger partial charge in [0.15, 0.2) is 0 Å². The first-order chi connectivity index (χ1) is 9.16. The van der Waals surface area contributed by atoms with Gasteiger partial charge in [-0.3, -0.25) is 10.1 Å². The minimum absolute atomic E-state index is 0.150. The van der Waals surface area contributed by atoms with Gasteiger partial charge in [-0.25, -0.2) is 0 Å². The van der Waals surface area contributed by atoms with E-state index in [9.17, 15) is 10.1 Å². The highest BCUT2D eigenvalue weighted by molar-refractivity contribution is 9.10. The van der Waals surface area contributed by atoms with Gasteiger partial charge in [-0.1, -0.05) is 15.9 Å². The van der Waals surface area contributed by atoms with Crippen molar-refractivity contribution in [2.24, 2.45) is 0 Å². The molecule has 0 amide bonds. The lowest BCUT2D eigenvalue weighted by Crippen LogP contribution is -2.17. The first-order valence-electron chi connectivity index (χ1n) is 5.81. The fraction of sp³-hybridized carbons (Fsp3) is 0.231. The molecule has 0 spiro atoms. The van der Waals surface area contributed by atoms with Gasteiger partial charge in [0.25, 0.3) is 5.69 Å². The second kappa shape index (κ2) is 6.79. The summed E-state index contributed by atoms with van der Waals surface area (Å²) in [6.07, 6.45) is 0.938. The topological polar surface area (TPSA) is 55.2 Å². The molecule has 4 nitrogen and oxygen atoms in total. The third-order valence-electron chi connectivity index (χ3n) is 2.73. The number of hydrogen-bond donors (Lipinski definition) is 1. The Balaban J connectivity index is 1.90. The van der Waals surface area contributed by atoms with Crippen LogP contribution in [-0.4, -0.2) is 11.5 Å². The van der Waals surface area contributed by atoms with Gasteiger partial charge in [0.05, 0.1) is 4.92 Å². The molecule has 1 N–H and O–H groups in total. The maximum atomic E-state index is 11.0. The Morgan fingerprint density at radius 1 is 1.37 bits per heavy atom. The molecule has 0 aliphatic heterocycles. The van der Waals surface area contributed by atoms with Crippen molar-refractivity contribution in [3.8, 4) is 0 Å². The average Bonchev–Trinajstić information content (AvgIpc) is 2.89. The maximum absolute atomic E-state index is 11.0. The minimum Gasteiger partial charge on any atom is -0.312 e. The number of hydrogen-bond acceptors (Lipinski definition) is 4. The summed E-state index contributed by atoms with van der Waals surface area (Å²) in [5.41, 5.74) is 2.15. The van der Waals surface area contributed by atoms with Crippen LogP contribution < -0.4 is 5.32 Å².